The van der Waals surface area contributed by atoms with Crippen molar-refractivity contribution in [2.75, 3.05) is 25.2 Å². The van der Waals surface area contributed by atoms with Crippen molar-refractivity contribution in [3.8, 4) is 17.3 Å². The van der Waals surface area contributed by atoms with E-state index in [1.807, 2.05) is 23.1 Å². The number of anilines is 1. The van der Waals surface area contributed by atoms with Crippen molar-refractivity contribution in [3.63, 3.8) is 0 Å². The molecular weight excluding hydrogens is 418 g/mol. The van der Waals surface area contributed by atoms with Crippen LogP contribution in [-0.2, 0) is 16.0 Å². The molecule has 3 aromatic rings. The molecule has 1 aromatic carbocycles. The van der Waals surface area contributed by atoms with Crippen molar-refractivity contribution in [2.24, 2.45) is 0 Å². The maximum absolute atomic E-state index is 14.2. The van der Waals surface area contributed by atoms with Gasteiger partial charge in [0.2, 0.25) is 5.82 Å². The van der Waals surface area contributed by atoms with Crippen molar-refractivity contribution >= 4 is 11.7 Å². The summed E-state index contributed by atoms with van der Waals surface area (Å²) in [6.07, 6.45) is 3.87. The Balaban J connectivity index is 1.75. The maximum atomic E-state index is 14.2. The molecule has 0 spiro atoms. The van der Waals surface area contributed by atoms with E-state index in [0.29, 0.717) is 30.2 Å². The minimum absolute atomic E-state index is 0.00838. The van der Waals surface area contributed by atoms with E-state index in [1.54, 1.807) is 19.3 Å². The molecule has 1 aliphatic rings. The molecule has 2 aromatic heterocycles. The quantitative estimate of drug-likeness (QED) is 0.538. The van der Waals surface area contributed by atoms with Crippen LogP contribution < -0.4 is 9.64 Å². The third-order valence-corrected chi connectivity index (χ3v) is 5.32. The normalized spacial score (nSPS) is 15.2. The molecule has 0 radical (unpaired) electrons. The zero-order chi connectivity index (χ0) is 22.7. The van der Waals surface area contributed by atoms with Crippen LogP contribution in [0.2, 0.25) is 0 Å². The molecule has 1 unspecified atom stereocenters. The lowest BCUT2D eigenvalue weighted by Gasteiger charge is -2.38. The SMILES string of the molecule is CCOC(=O)CC1c2cnc(-c3ccccn3)nc2CCN1c1cc(F)c(F)c(OC)c1. The smallest absolute Gasteiger partial charge is 0.308 e. The lowest BCUT2D eigenvalue weighted by Crippen LogP contribution is -2.38. The Hall–Kier alpha value is -3.62. The molecule has 0 bridgehead atoms. The summed E-state index contributed by atoms with van der Waals surface area (Å²) >= 11 is 0. The van der Waals surface area contributed by atoms with Crippen LogP contribution in [0.25, 0.3) is 11.5 Å². The number of benzene rings is 1. The van der Waals surface area contributed by atoms with Crippen molar-refractivity contribution in [3.05, 3.63) is 65.6 Å². The van der Waals surface area contributed by atoms with Gasteiger partial charge in [-0.05, 0) is 19.1 Å². The van der Waals surface area contributed by atoms with E-state index >= 15 is 0 Å². The van der Waals surface area contributed by atoms with Gasteiger partial charge in [-0.25, -0.2) is 14.4 Å². The fourth-order valence-corrected chi connectivity index (χ4v) is 3.85. The van der Waals surface area contributed by atoms with Crippen LogP contribution in [0.4, 0.5) is 14.5 Å². The number of fused-ring (bicyclic) bond motifs is 1. The summed E-state index contributed by atoms with van der Waals surface area (Å²) in [6.45, 7) is 2.41. The second-order valence-corrected chi connectivity index (χ2v) is 7.22. The van der Waals surface area contributed by atoms with Crippen LogP contribution in [-0.4, -0.2) is 41.2 Å². The molecular formula is C23H22F2N4O3. The number of aromatic nitrogens is 3. The predicted molar refractivity (Wildman–Crippen MR) is 113 cm³/mol. The molecule has 1 aliphatic heterocycles. The molecule has 0 fully saturated rings. The monoisotopic (exact) mass is 440 g/mol. The topological polar surface area (TPSA) is 77.4 Å². The number of esters is 1. The van der Waals surface area contributed by atoms with Crippen molar-refractivity contribution in [1.82, 2.24) is 15.0 Å². The fourth-order valence-electron chi connectivity index (χ4n) is 3.85. The lowest BCUT2D eigenvalue weighted by molar-refractivity contribution is -0.143. The van der Waals surface area contributed by atoms with Gasteiger partial charge >= 0.3 is 5.97 Å². The average Bonchev–Trinajstić information content (AvgIpc) is 2.81. The summed E-state index contributed by atoms with van der Waals surface area (Å²) in [5, 5.41) is 0. The highest BCUT2D eigenvalue weighted by molar-refractivity contribution is 5.72. The van der Waals surface area contributed by atoms with E-state index in [1.165, 1.54) is 13.2 Å². The highest BCUT2D eigenvalue weighted by atomic mass is 19.2. The molecule has 166 valence electrons. The van der Waals surface area contributed by atoms with Gasteiger partial charge in [0.25, 0.3) is 0 Å². The second kappa shape index (κ2) is 9.25. The lowest BCUT2D eigenvalue weighted by atomic mass is 9.94. The highest BCUT2D eigenvalue weighted by Gasteiger charge is 2.32. The third kappa shape index (κ3) is 4.23. The fraction of sp³-hybridized carbons (Fsp3) is 0.304. The number of carbonyl (C=O) groups excluding carboxylic acids is 1. The molecule has 0 saturated carbocycles. The van der Waals surface area contributed by atoms with Gasteiger partial charge in [-0.1, -0.05) is 6.07 Å². The van der Waals surface area contributed by atoms with E-state index in [-0.39, 0.29) is 18.8 Å². The molecule has 0 N–H and O–H groups in total. The van der Waals surface area contributed by atoms with E-state index in [2.05, 4.69) is 15.0 Å². The van der Waals surface area contributed by atoms with Gasteiger partial charge in [0, 0.05) is 48.7 Å². The second-order valence-electron chi connectivity index (χ2n) is 7.22. The first-order valence-corrected chi connectivity index (χ1v) is 10.2. The molecule has 3 heterocycles. The summed E-state index contributed by atoms with van der Waals surface area (Å²) in [4.78, 5) is 27.6. The van der Waals surface area contributed by atoms with Gasteiger partial charge in [0.05, 0.1) is 31.9 Å². The predicted octanol–water partition coefficient (Wildman–Crippen LogP) is 3.88. The first-order valence-electron chi connectivity index (χ1n) is 10.2. The Morgan fingerprint density at radius 2 is 2.09 bits per heavy atom. The van der Waals surface area contributed by atoms with Crippen molar-refractivity contribution < 1.29 is 23.0 Å². The van der Waals surface area contributed by atoms with Crippen molar-refractivity contribution in [1.29, 1.82) is 0 Å². The maximum Gasteiger partial charge on any atom is 0.308 e. The molecule has 0 saturated heterocycles. The number of hydrogen-bond acceptors (Lipinski definition) is 7. The number of ether oxygens (including phenoxy) is 2. The van der Waals surface area contributed by atoms with Crippen LogP contribution in [0.5, 0.6) is 5.75 Å². The number of methoxy groups -OCH3 is 1. The Kier molecular flexibility index (Phi) is 6.25. The molecule has 7 nitrogen and oxygen atoms in total. The number of hydrogen-bond donors (Lipinski definition) is 0. The number of carbonyl (C=O) groups is 1. The summed E-state index contributed by atoms with van der Waals surface area (Å²) < 4.78 is 38.3. The van der Waals surface area contributed by atoms with Gasteiger partial charge < -0.3 is 14.4 Å². The van der Waals surface area contributed by atoms with Crippen LogP contribution >= 0.6 is 0 Å². The van der Waals surface area contributed by atoms with Crippen molar-refractivity contribution in [2.45, 2.75) is 25.8 Å². The summed E-state index contributed by atoms with van der Waals surface area (Å²) in [6, 6.07) is 7.50. The first kappa shape index (κ1) is 21.6. The third-order valence-electron chi connectivity index (χ3n) is 5.32. The van der Waals surface area contributed by atoms with Gasteiger partial charge in [-0.15, -0.1) is 0 Å². The van der Waals surface area contributed by atoms with Gasteiger partial charge in [-0.2, -0.15) is 4.39 Å². The van der Waals surface area contributed by atoms with E-state index in [9.17, 15) is 13.6 Å². The minimum Gasteiger partial charge on any atom is -0.493 e. The Morgan fingerprint density at radius 1 is 1.25 bits per heavy atom. The standard InChI is InChI=1S/C23H22F2N4O3/c1-3-32-21(30)12-19-15-13-27-23(18-6-4-5-8-26-18)28-17(15)7-9-29(19)14-10-16(24)22(25)20(11-14)31-2/h4-6,8,10-11,13,19H,3,7,9,12H2,1-2H3. The average molecular weight is 440 g/mol. The molecule has 0 aliphatic carbocycles. The molecule has 1 atom stereocenters. The number of nitrogens with zero attached hydrogens (tertiary/aromatic N) is 4. The minimum atomic E-state index is -1.06. The van der Waals surface area contributed by atoms with Gasteiger partial charge in [0.1, 0.15) is 5.69 Å². The molecule has 9 heteroatoms. The van der Waals surface area contributed by atoms with Crippen LogP contribution in [0, 0.1) is 11.6 Å². The zero-order valence-corrected chi connectivity index (χ0v) is 17.7. The van der Waals surface area contributed by atoms with Gasteiger partial charge in [-0.3, -0.25) is 9.78 Å². The Labute approximate surface area is 184 Å². The summed E-state index contributed by atoms with van der Waals surface area (Å²) in [5.74, 6) is -2.20. The summed E-state index contributed by atoms with van der Waals surface area (Å²) in [7, 11) is 1.27. The number of pyridine rings is 1. The highest BCUT2D eigenvalue weighted by Crippen LogP contribution is 2.38. The molecule has 0 amide bonds. The number of rotatable bonds is 6. The number of halogens is 2. The summed E-state index contributed by atoms with van der Waals surface area (Å²) in [5.41, 5.74) is 2.55. The van der Waals surface area contributed by atoms with Crippen LogP contribution in [0.3, 0.4) is 0 Å². The van der Waals surface area contributed by atoms with E-state index in [4.69, 9.17) is 9.47 Å². The van der Waals surface area contributed by atoms with E-state index in [0.717, 1.165) is 17.3 Å². The van der Waals surface area contributed by atoms with Gasteiger partial charge in [0.15, 0.2) is 17.4 Å². The Bertz CT molecular complexity index is 1130. The zero-order valence-electron chi connectivity index (χ0n) is 17.7. The molecule has 4 rings (SSSR count). The van der Waals surface area contributed by atoms with E-state index < -0.39 is 23.6 Å². The Morgan fingerprint density at radius 3 is 2.81 bits per heavy atom. The van der Waals surface area contributed by atoms with Crippen LogP contribution in [0.15, 0.2) is 42.7 Å². The molecule has 32 heavy (non-hydrogen) atoms. The largest absolute Gasteiger partial charge is 0.493 e. The first-order chi connectivity index (χ1) is 15.5. The van der Waals surface area contributed by atoms with Crippen LogP contribution in [0.1, 0.15) is 30.6 Å².